The second-order valence-electron chi connectivity index (χ2n) is 6.57. The van der Waals surface area contributed by atoms with Crippen LogP contribution in [0.25, 0.3) is 0 Å². The number of thioether (sulfide) groups is 1. The molecule has 2 aliphatic heterocycles. The molecule has 1 N–H and O–H groups in total. The molecule has 1 amide bonds. The number of thiophene rings is 1. The molecule has 0 spiro atoms. The van der Waals surface area contributed by atoms with Crippen LogP contribution >= 0.6 is 23.1 Å². The number of allylic oxidation sites excluding steroid dienone is 1. The van der Waals surface area contributed by atoms with Crippen molar-refractivity contribution in [3.8, 4) is 0 Å². The van der Waals surface area contributed by atoms with E-state index in [1.54, 1.807) is 18.3 Å². The van der Waals surface area contributed by atoms with Crippen molar-refractivity contribution < 1.29 is 14.3 Å². The van der Waals surface area contributed by atoms with Crippen LogP contribution in [0.5, 0.6) is 0 Å². The molecule has 3 rings (SSSR count). The third-order valence-corrected chi connectivity index (χ3v) is 5.74. The molecule has 0 aromatic carbocycles. The van der Waals surface area contributed by atoms with E-state index in [9.17, 15) is 9.59 Å². The van der Waals surface area contributed by atoms with Gasteiger partial charge in [-0.3, -0.25) is 4.79 Å². The van der Waals surface area contributed by atoms with E-state index >= 15 is 0 Å². The van der Waals surface area contributed by atoms with Gasteiger partial charge in [0.25, 0.3) is 0 Å². The van der Waals surface area contributed by atoms with Gasteiger partial charge in [0.2, 0.25) is 5.91 Å². The van der Waals surface area contributed by atoms with Crippen molar-refractivity contribution in [1.29, 1.82) is 0 Å². The average Bonchev–Trinajstić information content (AvgIpc) is 3.23. The van der Waals surface area contributed by atoms with Gasteiger partial charge < -0.3 is 15.0 Å². The summed E-state index contributed by atoms with van der Waals surface area (Å²) in [7, 11) is 0. The van der Waals surface area contributed by atoms with Crippen molar-refractivity contribution in [3.05, 3.63) is 44.8 Å². The van der Waals surface area contributed by atoms with Gasteiger partial charge in [0.15, 0.2) is 5.17 Å². The number of amides is 1. The molecule has 0 saturated heterocycles. The van der Waals surface area contributed by atoms with Gasteiger partial charge in [-0.05, 0) is 55.5 Å². The molecule has 27 heavy (non-hydrogen) atoms. The fraction of sp³-hybridized carbons (Fsp3) is 0.421. The van der Waals surface area contributed by atoms with Gasteiger partial charge in [-0.2, -0.15) is 11.3 Å². The van der Waals surface area contributed by atoms with Crippen molar-refractivity contribution in [2.24, 2.45) is 4.99 Å². The summed E-state index contributed by atoms with van der Waals surface area (Å²) in [5.41, 5.74) is 3.01. The number of hydrogen-bond donors (Lipinski definition) is 1. The Hall–Kier alpha value is -2.06. The van der Waals surface area contributed by atoms with E-state index in [2.05, 4.69) is 10.3 Å². The smallest absolute Gasteiger partial charge is 0.338 e. The molecule has 0 fully saturated rings. The predicted octanol–water partition coefficient (Wildman–Crippen LogP) is 3.80. The highest BCUT2D eigenvalue weighted by Crippen LogP contribution is 2.45. The minimum absolute atomic E-state index is 0.0499. The summed E-state index contributed by atoms with van der Waals surface area (Å²) in [4.78, 5) is 31.6. The van der Waals surface area contributed by atoms with E-state index in [0.717, 1.165) is 16.4 Å². The van der Waals surface area contributed by atoms with Gasteiger partial charge in [0.1, 0.15) is 0 Å². The minimum Gasteiger partial charge on any atom is -0.463 e. The fourth-order valence-corrected chi connectivity index (χ4v) is 4.77. The predicted molar refractivity (Wildman–Crippen MR) is 109 cm³/mol. The number of carbonyl (C=O) groups is 2. The maximum atomic E-state index is 12.7. The van der Waals surface area contributed by atoms with Crippen molar-refractivity contribution in [1.82, 2.24) is 10.2 Å². The van der Waals surface area contributed by atoms with Crippen LogP contribution in [0.15, 0.2) is 44.2 Å². The molecule has 0 bridgehead atoms. The number of ether oxygens (including phenoxy) is 1. The average molecular weight is 406 g/mol. The third kappa shape index (κ3) is 4.11. The molecule has 1 aromatic heterocycles. The monoisotopic (exact) mass is 405 g/mol. The Labute approximate surface area is 167 Å². The molecule has 0 aliphatic carbocycles. The lowest BCUT2D eigenvalue weighted by Gasteiger charge is -2.35. The Bertz CT molecular complexity index is 825. The number of fused-ring (bicyclic) bond motifs is 1. The standard InChI is InChI=1S/C19H23N3O3S2/c1-5-25-18(24)16-12(4)21-19-22(17(16)13-6-7-26-9-13)14(10-27-19)8-15(23)20-11(2)3/h6-7,9-11,17H,5,8H2,1-4H3,(H,20,23). The Morgan fingerprint density at radius 3 is 2.81 bits per heavy atom. The summed E-state index contributed by atoms with van der Waals surface area (Å²) in [6, 6.07) is 1.74. The van der Waals surface area contributed by atoms with Crippen LogP contribution in [0.1, 0.15) is 45.7 Å². The number of aliphatic imine (C=N–C) groups is 1. The lowest BCUT2D eigenvalue weighted by molar-refractivity contribution is -0.139. The summed E-state index contributed by atoms with van der Waals surface area (Å²) < 4.78 is 5.30. The van der Waals surface area contributed by atoms with Crippen LogP contribution in [0, 0.1) is 0 Å². The van der Waals surface area contributed by atoms with E-state index in [-0.39, 0.29) is 30.4 Å². The summed E-state index contributed by atoms with van der Waals surface area (Å²) >= 11 is 3.05. The van der Waals surface area contributed by atoms with Crippen molar-refractivity contribution in [2.45, 2.75) is 46.2 Å². The molecule has 6 nitrogen and oxygen atoms in total. The fourth-order valence-electron chi connectivity index (χ4n) is 3.12. The number of rotatable bonds is 6. The maximum absolute atomic E-state index is 12.7. The van der Waals surface area contributed by atoms with Crippen molar-refractivity contribution in [3.63, 3.8) is 0 Å². The molecule has 3 heterocycles. The molecular weight excluding hydrogens is 382 g/mol. The molecule has 144 valence electrons. The zero-order valence-corrected chi connectivity index (χ0v) is 17.4. The zero-order valence-electron chi connectivity index (χ0n) is 15.8. The number of esters is 1. The second kappa shape index (κ2) is 8.31. The highest BCUT2D eigenvalue weighted by molar-refractivity contribution is 8.16. The highest BCUT2D eigenvalue weighted by atomic mass is 32.2. The first-order valence-corrected chi connectivity index (χ1v) is 10.7. The van der Waals surface area contributed by atoms with Gasteiger partial charge in [0, 0.05) is 11.7 Å². The zero-order chi connectivity index (χ0) is 19.6. The van der Waals surface area contributed by atoms with Crippen LogP contribution in [-0.4, -0.2) is 34.6 Å². The van der Waals surface area contributed by atoms with Crippen LogP contribution in [0.3, 0.4) is 0 Å². The van der Waals surface area contributed by atoms with Gasteiger partial charge in [0.05, 0.1) is 30.3 Å². The first-order valence-electron chi connectivity index (χ1n) is 8.85. The summed E-state index contributed by atoms with van der Waals surface area (Å²) in [5.74, 6) is -0.414. The lowest BCUT2D eigenvalue weighted by Crippen LogP contribution is -2.38. The Balaban J connectivity index is 1.97. The Kier molecular flexibility index (Phi) is 6.06. The molecule has 0 radical (unpaired) electrons. The Morgan fingerprint density at radius 2 is 2.19 bits per heavy atom. The van der Waals surface area contributed by atoms with E-state index in [0.29, 0.717) is 17.9 Å². The largest absolute Gasteiger partial charge is 0.463 e. The van der Waals surface area contributed by atoms with E-state index in [1.165, 1.54) is 11.8 Å². The molecule has 0 saturated carbocycles. The third-order valence-electron chi connectivity index (χ3n) is 4.15. The second-order valence-corrected chi connectivity index (χ2v) is 8.19. The van der Waals surface area contributed by atoms with E-state index in [4.69, 9.17) is 4.74 Å². The number of carbonyl (C=O) groups excluding carboxylic acids is 2. The normalized spacial score (nSPS) is 19.0. The quantitative estimate of drug-likeness (QED) is 0.729. The molecule has 1 aromatic rings. The Morgan fingerprint density at radius 1 is 1.41 bits per heavy atom. The first-order chi connectivity index (χ1) is 12.9. The van der Waals surface area contributed by atoms with E-state index in [1.807, 2.05) is 47.9 Å². The number of nitrogens with zero attached hydrogens (tertiary/aromatic N) is 2. The molecule has 8 heteroatoms. The topological polar surface area (TPSA) is 71.0 Å². The first kappa shape index (κ1) is 19.7. The summed E-state index contributed by atoms with van der Waals surface area (Å²) in [6.07, 6.45) is 0.236. The number of hydrogen-bond acceptors (Lipinski definition) is 7. The highest BCUT2D eigenvalue weighted by Gasteiger charge is 2.41. The molecule has 1 unspecified atom stereocenters. The summed E-state index contributed by atoms with van der Waals surface area (Å²) in [6.45, 7) is 7.79. The molecule has 2 aliphatic rings. The molecular formula is C19H23N3O3S2. The number of amidine groups is 1. The van der Waals surface area contributed by atoms with Gasteiger partial charge in [-0.25, -0.2) is 9.79 Å². The van der Waals surface area contributed by atoms with Gasteiger partial charge in [-0.1, -0.05) is 11.8 Å². The van der Waals surface area contributed by atoms with Crippen LogP contribution in [-0.2, 0) is 14.3 Å². The van der Waals surface area contributed by atoms with Crippen molar-refractivity contribution >= 4 is 40.1 Å². The van der Waals surface area contributed by atoms with Crippen LogP contribution in [0.2, 0.25) is 0 Å². The molecule has 1 atom stereocenters. The number of nitrogens with one attached hydrogen (secondary N) is 1. The van der Waals surface area contributed by atoms with Crippen LogP contribution < -0.4 is 5.32 Å². The van der Waals surface area contributed by atoms with E-state index < -0.39 is 0 Å². The lowest BCUT2D eigenvalue weighted by atomic mass is 9.96. The minimum atomic E-state index is -0.364. The SMILES string of the molecule is CCOC(=O)C1=C(C)N=C2SC=C(CC(=O)NC(C)C)N2C1c1ccsc1. The van der Waals surface area contributed by atoms with Gasteiger partial charge >= 0.3 is 5.97 Å². The van der Waals surface area contributed by atoms with Gasteiger partial charge in [-0.15, -0.1) is 0 Å². The summed E-state index contributed by atoms with van der Waals surface area (Å²) in [5, 5.41) is 9.65. The van der Waals surface area contributed by atoms with Crippen LogP contribution in [0.4, 0.5) is 0 Å². The maximum Gasteiger partial charge on any atom is 0.338 e. The van der Waals surface area contributed by atoms with Crippen molar-refractivity contribution in [2.75, 3.05) is 6.61 Å².